The summed E-state index contributed by atoms with van der Waals surface area (Å²) in [5.74, 6) is 0.801. The number of carbonyl (C=O) groups excluding carboxylic acids is 2. The molecule has 0 radical (unpaired) electrons. The van der Waals surface area contributed by atoms with E-state index in [0.717, 1.165) is 44.1 Å². The summed E-state index contributed by atoms with van der Waals surface area (Å²) in [6, 6.07) is 8.08. The fourth-order valence-corrected chi connectivity index (χ4v) is 3.26. The monoisotopic (exact) mass is 359 g/mol. The van der Waals surface area contributed by atoms with Crippen LogP contribution in [-0.2, 0) is 9.59 Å². The second-order valence-electron chi connectivity index (χ2n) is 7.37. The van der Waals surface area contributed by atoms with Crippen LogP contribution in [0.1, 0.15) is 52.9 Å². The molecule has 1 aliphatic rings. The van der Waals surface area contributed by atoms with Gasteiger partial charge in [-0.25, -0.2) is 0 Å². The Morgan fingerprint density at radius 3 is 2.38 bits per heavy atom. The molecule has 0 spiro atoms. The largest absolute Gasteiger partial charge is 0.372 e. The SMILES string of the molecule is CCCCN(CCC(=O)Nc1ccc(N2CCC(C)CC2)cc1)C(C)=O. The molecule has 1 fully saturated rings. The summed E-state index contributed by atoms with van der Waals surface area (Å²) in [4.78, 5) is 28.0. The standard InChI is InChI=1S/C21H33N3O2/c1-4-5-13-23(18(3)25)16-12-21(26)22-19-6-8-20(9-7-19)24-14-10-17(2)11-15-24/h6-9,17H,4-5,10-16H2,1-3H3,(H,22,26). The first kappa shape index (κ1) is 20.3. The Balaban J connectivity index is 1.80. The Bertz CT molecular complexity index is 577. The lowest BCUT2D eigenvalue weighted by Gasteiger charge is -2.32. The Morgan fingerprint density at radius 2 is 1.81 bits per heavy atom. The lowest BCUT2D eigenvalue weighted by Crippen LogP contribution is -2.33. The van der Waals surface area contributed by atoms with E-state index in [2.05, 4.69) is 36.2 Å². The zero-order valence-electron chi connectivity index (χ0n) is 16.5. The number of hydrogen-bond donors (Lipinski definition) is 1. The number of piperidine rings is 1. The number of benzene rings is 1. The number of rotatable bonds is 8. The van der Waals surface area contributed by atoms with Crippen molar-refractivity contribution in [3.63, 3.8) is 0 Å². The lowest BCUT2D eigenvalue weighted by molar-refractivity contribution is -0.129. The molecule has 0 unspecified atom stereocenters. The third-order valence-corrected chi connectivity index (χ3v) is 5.14. The molecule has 0 aromatic heterocycles. The van der Waals surface area contributed by atoms with Crippen LogP contribution in [0.4, 0.5) is 11.4 Å². The summed E-state index contributed by atoms with van der Waals surface area (Å²) in [7, 11) is 0. The fraction of sp³-hybridized carbons (Fsp3) is 0.619. The first-order chi connectivity index (χ1) is 12.5. The Kier molecular flexibility index (Phi) is 7.95. The summed E-state index contributed by atoms with van der Waals surface area (Å²) < 4.78 is 0. The van der Waals surface area contributed by atoms with E-state index < -0.39 is 0 Å². The van der Waals surface area contributed by atoms with Crippen LogP contribution in [0.5, 0.6) is 0 Å². The first-order valence-electron chi connectivity index (χ1n) is 9.90. The maximum absolute atomic E-state index is 12.2. The highest BCUT2D eigenvalue weighted by Crippen LogP contribution is 2.24. The molecule has 0 aliphatic carbocycles. The van der Waals surface area contributed by atoms with Crippen LogP contribution >= 0.6 is 0 Å². The summed E-state index contributed by atoms with van der Waals surface area (Å²) in [5.41, 5.74) is 2.03. The predicted molar refractivity (Wildman–Crippen MR) is 107 cm³/mol. The van der Waals surface area contributed by atoms with Gasteiger partial charge in [0.05, 0.1) is 0 Å². The molecule has 0 bridgehead atoms. The van der Waals surface area contributed by atoms with E-state index in [-0.39, 0.29) is 11.8 Å². The summed E-state index contributed by atoms with van der Waals surface area (Å²) in [5, 5.41) is 2.93. The normalized spacial score (nSPS) is 15.0. The molecule has 144 valence electrons. The van der Waals surface area contributed by atoms with Crippen LogP contribution in [0.3, 0.4) is 0 Å². The van der Waals surface area contributed by atoms with Gasteiger partial charge < -0.3 is 15.1 Å². The minimum Gasteiger partial charge on any atom is -0.372 e. The fourth-order valence-electron chi connectivity index (χ4n) is 3.26. The second kappa shape index (κ2) is 10.2. The molecule has 5 nitrogen and oxygen atoms in total. The topological polar surface area (TPSA) is 52.7 Å². The molecule has 1 N–H and O–H groups in total. The Labute approximate surface area is 157 Å². The third kappa shape index (κ3) is 6.36. The maximum atomic E-state index is 12.2. The van der Waals surface area contributed by atoms with E-state index in [1.807, 2.05) is 12.1 Å². The van der Waals surface area contributed by atoms with E-state index in [1.54, 1.807) is 11.8 Å². The number of unbranched alkanes of at least 4 members (excludes halogenated alkanes) is 1. The molecule has 2 rings (SSSR count). The first-order valence-corrected chi connectivity index (χ1v) is 9.90. The van der Waals surface area contributed by atoms with Gasteiger partial charge in [0.15, 0.2) is 0 Å². The Hall–Kier alpha value is -2.04. The van der Waals surface area contributed by atoms with Crippen molar-refractivity contribution in [1.29, 1.82) is 0 Å². The van der Waals surface area contributed by atoms with Crippen molar-refractivity contribution in [2.24, 2.45) is 5.92 Å². The number of nitrogens with one attached hydrogen (secondary N) is 1. The van der Waals surface area contributed by atoms with Crippen molar-refractivity contribution >= 4 is 23.2 Å². The molecule has 1 saturated heterocycles. The van der Waals surface area contributed by atoms with Crippen LogP contribution in [-0.4, -0.2) is 42.9 Å². The van der Waals surface area contributed by atoms with Crippen molar-refractivity contribution in [2.45, 2.75) is 52.9 Å². The van der Waals surface area contributed by atoms with Crippen LogP contribution in [0.15, 0.2) is 24.3 Å². The van der Waals surface area contributed by atoms with Crippen LogP contribution in [0, 0.1) is 5.92 Å². The van der Waals surface area contributed by atoms with Gasteiger partial charge >= 0.3 is 0 Å². The number of carbonyl (C=O) groups is 2. The van der Waals surface area contributed by atoms with Gasteiger partial charge in [0, 0.05) is 50.9 Å². The smallest absolute Gasteiger partial charge is 0.226 e. The third-order valence-electron chi connectivity index (χ3n) is 5.14. The average molecular weight is 360 g/mol. The van der Waals surface area contributed by atoms with E-state index in [4.69, 9.17) is 0 Å². The molecule has 5 heteroatoms. The maximum Gasteiger partial charge on any atom is 0.226 e. The molecule has 1 aromatic carbocycles. The summed E-state index contributed by atoms with van der Waals surface area (Å²) >= 11 is 0. The minimum absolute atomic E-state index is 0.0338. The van der Waals surface area contributed by atoms with Crippen molar-refractivity contribution in [2.75, 3.05) is 36.4 Å². The van der Waals surface area contributed by atoms with Gasteiger partial charge in [0.2, 0.25) is 11.8 Å². The van der Waals surface area contributed by atoms with Crippen LogP contribution in [0.2, 0.25) is 0 Å². The highest BCUT2D eigenvalue weighted by atomic mass is 16.2. The lowest BCUT2D eigenvalue weighted by atomic mass is 9.99. The molecule has 0 saturated carbocycles. The van der Waals surface area contributed by atoms with Gasteiger partial charge in [-0.1, -0.05) is 20.3 Å². The molecule has 1 heterocycles. The van der Waals surface area contributed by atoms with E-state index in [1.165, 1.54) is 18.5 Å². The van der Waals surface area contributed by atoms with Gasteiger partial charge in [-0.05, 0) is 49.4 Å². The second-order valence-corrected chi connectivity index (χ2v) is 7.37. The van der Waals surface area contributed by atoms with E-state index in [9.17, 15) is 9.59 Å². The van der Waals surface area contributed by atoms with Gasteiger partial charge in [0.1, 0.15) is 0 Å². The van der Waals surface area contributed by atoms with Crippen molar-refractivity contribution in [3.05, 3.63) is 24.3 Å². The van der Waals surface area contributed by atoms with Gasteiger partial charge in [-0.15, -0.1) is 0 Å². The zero-order chi connectivity index (χ0) is 18.9. The van der Waals surface area contributed by atoms with Crippen molar-refractivity contribution in [3.8, 4) is 0 Å². The van der Waals surface area contributed by atoms with Crippen LogP contribution < -0.4 is 10.2 Å². The number of nitrogens with zero attached hydrogens (tertiary/aromatic N) is 2. The molecule has 26 heavy (non-hydrogen) atoms. The number of amides is 2. The molecule has 1 aliphatic heterocycles. The summed E-state index contributed by atoms with van der Waals surface area (Å²) in [6.07, 6.45) is 4.82. The summed E-state index contributed by atoms with van der Waals surface area (Å²) in [6.45, 7) is 9.38. The van der Waals surface area contributed by atoms with Crippen LogP contribution in [0.25, 0.3) is 0 Å². The quantitative estimate of drug-likeness (QED) is 0.766. The molecule has 2 amide bonds. The molecule has 0 atom stereocenters. The van der Waals surface area contributed by atoms with E-state index in [0.29, 0.717) is 13.0 Å². The minimum atomic E-state index is -0.0488. The molecular weight excluding hydrogens is 326 g/mol. The van der Waals surface area contributed by atoms with Crippen molar-refractivity contribution in [1.82, 2.24) is 4.90 Å². The van der Waals surface area contributed by atoms with E-state index >= 15 is 0 Å². The number of hydrogen-bond acceptors (Lipinski definition) is 3. The van der Waals surface area contributed by atoms with Gasteiger partial charge in [-0.2, -0.15) is 0 Å². The zero-order valence-corrected chi connectivity index (χ0v) is 16.5. The highest BCUT2D eigenvalue weighted by Gasteiger charge is 2.16. The number of anilines is 2. The van der Waals surface area contributed by atoms with Crippen molar-refractivity contribution < 1.29 is 9.59 Å². The van der Waals surface area contributed by atoms with Gasteiger partial charge in [-0.3, -0.25) is 9.59 Å². The molecular formula is C21H33N3O2. The molecule has 1 aromatic rings. The average Bonchev–Trinajstić information content (AvgIpc) is 2.63. The predicted octanol–water partition coefficient (Wildman–Crippen LogP) is 3.90. The highest BCUT2D eigenvalue weighted by molar-refractivity contribution is 5.91. The Morgan fingerprint density at radius 1 is 1.15 bits per heavy atom. The van der Waals surface area contributed by atoms with Gasteiger partial charge in [0.25, 0.3) is 0 Å².